The van der Waals surface area contributed by atoms with Crippen molar-refractivity contribution in [2.45, 2.75) is 12.8 Å². The van der Waals surface area contributed by atoms with E-state index in [1.807, 2.05) is 12.1 Å². The predicted octanol–water partition coefficient (Wildman–Crippen LogP) is 2.77. The number of benzene rings is 1. The second-order valence-electron chi connectivity index (χ2n) is 4.65. The van der Waals surface area contributed by atoms with E-state index in [4.69, 9.17) is 10.00 Å². The van der Waals surface area contributed by atoms with Crippen molar-refractivity contribution in [3.63, 3.8) is 0 Å². The molecular weight excluding hydrogens is 256 g/mol. The largest absolute Gasteiger partial charge is 0.494 e. The van der Waals surface area contributed by atoms with Crippen molar-refractivity contribution < 1.29 is 4.74 Å². The monoisotopic (exact) mass is 276 g/mol. The molecule has 3 nitrogen and oxygen atoms in total. The van der Waals surface area contributed by atoms with Crippen LogP contribution < -0.4 is 4.74 Å². The van der Waals surface area contributed by atoms with E-state index < -0.39 is 0 Å². The van der Waals surface area contributed by atoms with E-state index in [1.165, 1.54) is 31.0 Å². The maximum atomic E-state index is 8.71. The Morgan fingerprint density at radius 1 is 1.21 bits per heavy atom. The van der Waals surface area contributed by atoms with Gasteiger partial charge in [0.05, 0.1) is 18.2 Å². The van der Waals surface area contributed by atoms with Crippen molar-refractivity contribution in [1.82, 2.24) is 4.90 Å². The van der Waals surface area contributed by atoms with Crippen LogP contribution in [0.1, 0.15) is 18.4 Å². The van der Waals surface area contributed by atoms with Gasteiger partial charge in [-0.15, -0.1) is 0 Å². The van der Waals surface area contributed by atoms with Crippen LogP contribution in [-0.4, -0.2) is 42.6 Å². The van der Waals surface area contributed by atoms with Crippen LogP contribution in [0, 0.1) is 11.3 Å². The Kier molecular flexibility index (Phi) is 6.06. The van der Waals surface area contributed by atoms with Gasteiger partial charge in [-0.2, -0.15) is 17.0 Å². The topological polar surface area (TPSA) is 36.3 Å². The van der Waals surface area contributed by atoms with E-state index >= 15 is 0 Å². The van der Waals surface area contributed by atoms with Crippen LogP contribution in [0.25, 0.3) is 0 Å². The molecular formula is C15H20N2OS. The zero-order chi connectivity index (χ0) is 13.3. The summed E-state index contributed by atoms with van der Waals surface area (Å²) in [6.45, 7) is 4.30. The number of ether oxygens (including phenoxy) is 1. The molecule has 1 saturated heterocycles. The molecule has 2 rings (SSSR count). The molecule has 4 heteroatoms. The van der Waals surface area contributed by atoms with Crippen LogP contribution in [0.4, 0.5) is 0 Å². The quantitative estimate of drug-likeness (QED) is 0.775. The van der Waals surface area contributed by atoms with Gasteiger partial charge >= 0.3 is 0 Å². The maximum Gasteiger partial charge on any atom is 0.119 e. The summed E-state index contributed by atoms with van der Waals surface area (Å²) in [6.07, 6.45) is 2.37. The molecule has 0 amide bonds. The lowest BCUT2D eigenvalue weighted by Crippen LogP contribution is -2.28. The molecule has 0 aromatic heterocycles. The van der Waals surface area contributed by atoms with Crippen molar-refractivity contribution in [2.24, 2.45) is 0 Å². The average molecular weight is 276 g/mol. The van der Waals surface area contributed by atoms with Gasteiger partial charge in [0.25, 0.3) is 0 Å². The van der Waals surface area contributed by atoms with Gasteiger partial charge in [-0.05, 0) is 49.4 Å². The van der Waals surface area contributed by atoms with Crippen LogP contribution >= 0.6 is 11.8 Å². The Hall–Kier alpha value is -1.18. The Labute approximate surface area is 119 Å². The highest BCUT2D eigenvalue weighted by atomic mass is 32.2. The first-order valence-corrected chi connectivity index (χ1v) is 7.97. The Balaban J connectivity index is 1.64. The smallest absolute Gasteiger partial charge is 0.119 e. The van der Waals surface area contributed by atoms with E-state index in [2.05, 4.69) is 22.7 Å². The SMILES string of the molecule is N#Cc1ccc(OCCCN2CCCSCC2)cc1. The summed E-state index contributed by atoms with van der Waals surface area (Å²) in [5.41, 5.74) is 0.675. The first kappa shape index (κ1) is 14.2. The standard InChI is InChI=1S/C15H20N2OS/c16-13-14-3-5-15(6-4-14)18-10-1-7-17-8-2-11-19-12-9-17/h3-6H,1-2,7-12H2. The molecule has 1 aliphatic rings. The van der Waals surface area contributed by atoms with Crippen LogP contribution in [0.3, 0.4) is 0 Å². The molecule has 1 fully saturated rings. The summed E-state index contributed by atoms with van der Waals surface area (Å²) in [6, 6.07) is 9.42. The minimum atomic E-state index is 0.675. The van der Waals surface area contributed by atoms with Gasteiger partial charge in [0.2, 0.25) is 0 Å². The lowest BCUT2D eigenvalue weighted by atomic mass is 10.2. The summed E-state index contributed by atoms with van der Waals surface area (Å²) < 4.78 is 5.69. The molecule has 0 spiro atoms. The highest BCUT2D eigenvalue weighted by molar-refractivity contribution is 7.99. The fourth-order valence-electron chi connectivity index (χ4n) is 2.13. The molecule has 102 valence electrons. The van der Waals surface area contributed by atoms with E-state index in [0.29, 0.717) is 5.56 Å². The zero-order valence-electron chi connectivity index (χ0n) is 11.2. The van der Waals surface area contributed by atoms with E-state index in [1.54, 1.807) is 12.1 Å². The van der Waals surface area contributed by atoms with Crippen molar-refractivity contribution in [1.29, 1.82) is 5.26 Å². The molecule has 1 heterocycles. The molecule has 0 atom stereocenters. The van der Waals surface area contributed by atoms with Gasteiger partial charge in [0.1, 0.15) is 5.75 Å². The molecule has 1 aromatic carbocycles. The third-order valence-electron chi connectivity index (χ3n) is 3.19. The summed E-state index contributed by atoms with van der Waals surface area (Å²) in [7, 11) is 0. The predicted molar refractivity (Wildman–Crippen MR) is 79.7 cm³/mol. The van der Waals surface area contributed by atoms with Gasteiger partial charge in [-0.25, -0.2) is 0 Å². The molecule has 0 unspecified atom stereocenters. The number of rotatable bonds is 5. The van der Waals surface area contributed by atoms with Crippen LogP contribution in [0.2, 0.25) is 0 Å². The first-order valence-electron chi connectivity index (χ1n) is 6.81. The summed E-state index contributed by atoms with van der Waals surface area (Å²) in [5, 5.41) is 8.71. The Bertz CT molecular complexity index is 405. The Morgan fingerprint density at radius 3 is 2.84 bits per heavy atom. The second kappa shape index (κ2) is 8.08. The molecule has 0 radical (unpaired) electrons. The van der Waals surface area contributed by atoms with Gasteiger partial charge < -0.3 is 9.64 Å². The molecule has 0 saturated carbocycles. The zero-order valence-corrected chi connectivity index (χ0v) is 12.0. The van der Waals surface area contributed by atoms with Crippen LogP contribution in [0.5, 0.6) is 5.75 Å². The molecule has 19 heavy (non-hydrogen) atoms. The Morgan fingerprint density at radius 2 is 2.05 bits per heavy atom. The fraction of sp³-hybridized carbons (Fsp3) is 0.533. The minimum Gasteiger partial charge on any atom is -0.494 e. The molecule has 1 aromatic rings. The first-order chi connectivity index (χ1) is 9.38. The molecule has 0 N–H and O–H groups in total. The highest BCUT2D eigenvalue weighted by Crippen LogP contribution is 2.13. The summed E-state index contributed by atoms with van der Waals surface area (Å²) >= 11 is 2.06. The van der Waals surface area contributed by atoms with E-state index in [0.717, 1.165) is 25.3 Å². The molecule has 1 aliphatic heterocycles. The number of hydrogen-bond donors (Lipinski definition) is 0. The van der Waals surface area contributed by atoms with Crippen molar-refractivity contribution in [3.8, 4) is 11.8 Å². The lowest BCUT2D eigenvalue weighted by molar-refractivity contribution is 0.245. The minimum absolute atomic E-state index is 0.675. The average Bonchev–Trinajstić information content (AvgIpc) is 2.73. The third-order valence-corrected chi connectivity index (χ3v) is 4.23. The van der Waals surface area contributed by atoms with Crippen molar-refractivity contribution in [2.75, 3.05) is 37.7 Å². The molecule has 0 bridgehead atoms. The maximum absolute atomic E-state index is 8.71. The lowest BCUT2D eigenvalue weighted by Gasteiger charge is -2.19. The number of thioether (sulfide) groups is 1. The number of hydrogen-bond acceptors (Lipinski definition) is 4. The van der Waals surface area contributed by atoms with Crippen molar-refractivity contribution in [3.05, 3.63) is 29.8 Å². The highest BCUT2D eigenvalue weighted by Gasteiger charge is 2.08. The van der Waals surface area contributed by atoms with Gasteiger partial charge in [-0.3, -0.25) is 0 Å². The van der Waals surface area contributed by atoms with Gasteiger partial charge in [-0.1, -0.05) is 0 Å². The normalized spacial score (nSPS) is 16.6. The summed E-state index contributed by atoms with van der Waals surface area (Å²) in [4.78, 5) is 2.53. The fourth-order valence-corrected chi connectivity index (χ4v) is 3.05. The van der Waals surface area contributed by atoms with Gasteiger partial charge in [0, 0.05) is 18.8 Å². The van der Waals surface area contributed by atoms with E-state index in [9.17, 15) is 0 Å². The summed E-state index contributed by atoms with van der Waals surface area (Å²) in [5.74, 6) is 3.42. The van der Waals surface area contributed by atoms with Gasteiger partial charge in [0.15, 0.2) is 0 Å². The number of nitriles is 1. The third kappa shape index (κ3) is 5.14. The van der Waals surface area contributed by atoms with E-state index in [-0.39, 0.29) is 0 Å². The molecule has 0 aliphatic carbocycles. The number of nitrogens with zero attached hydrogens (tertiary/aromatic N) is 2. The van der Waals surface area contributed by atoms with Crippen LogP contribution in [-0.2, 0) is 0 Å². The van der Waals surface area contributed by atoms with Crippen molar-refractivity contribution >= 4 is 11.8 Å². The van der Waals surface area contributed by atoms with Crippen LogP contribution in [0.15, 0.2) is 24.3 Å². The second-order valence-corrected chi connectivity index (χ2v) is 5.87.